The summed E-state index contributed by atoms with van der Waals surface area (Å²) in [6.45, 7) is 4.13. The predicted octanol–water partition coefficient (Wildman–Crippen LogP) is 5.39. The van der Waals surface area contributed by atoms with Crippen LogP contribution in [0.25, 0.3) is 6.08 Å². The topological polar surface area (TPSA) is 74.2 Å². The molecular weight excluding hydrogens is 521 g/mol. The van der Waals surface area contributed by atoms with Crippen LogP contribution in [0.2, 0.25) is 5.02 Å². The quantitative estimate of drug-likeness (QED) is 0.204. The first kappa shape index (κ1) is 22.3. The Bertz CT molecular complexity index is 1050. The molecule has 8 heteroatoms. The van der Waals surface area contributed by atoms with Crippen LogP contribution < -0.4 is 9.47 Å². The van der Waals surface area contributed by atoms with E-state index in [-0.39, 0.29) is 17.6 Å². The molecule has 3 rings (SSSR count). The van der Waals surface area contributed by atoms with Crippen LogP contribution >= 0.6 is 34.2 Å². The lowest BCUT2D eigenvalue weighted by atomic mass is 10.1. The maximum absolute atomic E-state index is 12.3. The van der Waals surface area contributed by atoms with E-state index in [2.05, 4.69) is 27.6 Å². The number of aliphatic imine (C=N–C) groups is 1. The van der Waals surface area contributed by atoms with E-state index in [1.807, 2.05) is 19.9 Å². The standard InChI is InChI=1S/C22H19ClINO5/c1-3-5-20(26)29-18-9-6-13(11-19(18)28-4-2)10-17-22(27)30-21(25-17)15-12-14(24)7-8-16(15)23/h6-12H,3-5H2,1-2H3/b17-10-. The second kappa shape index (κ2) is 10.1. The molecule has 1 aliphatic rings. The predicted molar refractivity (Wildman–Crippen MR) is 123 cm³/mol. The van der Waals surface area contributed by atoms with Gasteiger partial charge in [-0.1, -0.05) is 24.6 Å². The number of ether oxygens (including phenoxy) is 3. The number of carbonyl (C=O) groups excluding carboxylic acids is 2. The monoisotopic (exact) mass is 539 g/mol. The highest BCUT2D eigenvalue weighted by molar-refractivity contribution is 14.1. The van der Waals surface area contributed by atoms with Crippen LogP contribution in [-0.4, -0.2) is 24.4 Å². The molecule has 2 aromatic rings. The normalized spacial score (nSPS) is 14.5. The van der Waals surface area contributed by atoms with E-state index >= 15 is 0 Å². The summed E-state index contributed by atoms with van der Waals surface area (Å²) in [5.41, 5.74) is 1.34. The smallest absolute Gasteiger partial charge is 0.363 e. The minimum Gasteiger partial charge on any atom is -0.490 e. The Morgan fingerprint density at radius 1 is 1.20 bits per heavy atom. The molecule has 0 fully saturated rings. The molecule has 30 heavy (non-hydrogen) atoms. The Morgan fingerprint density at radius 3 is 2.73 bits per heavy atom. The van der Waals surface area contributed by atoms with E-state index in [4.69, 9.17) is 25.8 Å². The van der Waals surface area contributed by atoms with Gasteiger partial charge in [0.05, 0.1) is 17.2 Å². The van der Waals surface area contributed by atoms with Gasteiger partial charge in [-0.05, 0) is 77.9 Å². The molecule has 0 saturated carbocycles. The molecule has 0 saturated heterocycles. The van der Waals surface area contributed by atoms with Gasteiger partial charge in [-0.3, -0.25) is 4.79 Å². The maximum atomic E-state index is 12.3. The van der Waals surface area contributed by atoms with Crippen molar-refractivity contribution in [2.45, 2.75) is 26.7 Å². The molecule has 0 bridgehead atoms. The molecule has 0 amide bonds. The molecule has 0 aliphatic carbocycles. The van der Waals surface area contributed by atoms with E-state index in [0.717, 1.165) is 3.57 Å². The highest BCUT2D eigenvalue weighted by Gasteiger charge is 2.26. The minimum absolute atomic E-state index is 0.137. The maximum Gasteiger partial charge on any atom is 0.363 e. The summed E-state index contributed by atoms with van der Waals surface area (Å²) in [6.07, 6.45) is 2.60. The summed E-state index contributed by atoms with van der Waals surface area (Å²) >= 11 is 8.36. The largest absolute Gasteiger partial charge is 0.490 e. The van der Waals surface area contributed by atoms with Crippen LogP contribution in [0.4, 0.5) is 0 Å². The third kappa shape index (κ3) is 5.40. The Balaban J connectivity index is 1.90. The van der Waals surface area contributed by atoms with Crippen molar-refractivity contribution in [2.75, 3.05) is 6.61 Å². The van der Waals surface area contributed by atoms with Crippen LogP contribution in [0.5, 0.6) is 11.5 Å². The molecule has 1 heterocycles. The van der Waals surface area contributed by atoms with Crippen molar-refractivity contribution in [1.82, 2.24) is 0 Å². The Labute approximate surface area is 193 Å². The van der Waals surface area contributed by atoms with Crippen LogP contribution in [0.15, 0.2) is 47.1 Å². The number of halogens is 2. The van der Waals surface area contributed by atoms with Crippen molar-refractivity contribution >= 4 is 58.1 Å². The number of cyclic esters (lactones) is 1. The van der Waals surface area contributed by atoms with E-state index < -0.39 is 5.97 Å². The van der Waals surface area contributed by atoms with Crippen molar-refractivity contribution in [3.8, 4) is 11.5 Å². The third-order valence-electron chi connectivity index (χ3n) is 4.03. The number of esters is 2. The first-order valence-electron chi connectivity index (χ1n) is 9.36. The van der Waals surface area contributed by atoms with E-state index in [1.165, 1.54) is 0 Å². The Hall–Kier alpha value is -2.39. The lowest BCUT2D eigenvalue weighted by molar-refractivity contribution is -0.134. The number of benzene rings is 2. The van der Waals surface area contributed by atoms with Crippen molar-refractivity contribution in [3.05, 3.63) is 61.8 Å². The summed E-state index contributed by atoms with van der Waals surface area (Å²) in [6, 6.07) is 10.4. The fraction of sp³-hybridized carbons (Fsp3) is 0.227. The van der Waals surface area contributed by atoms with Crippen LogP contribution in [-0.2, 0) is 14.3 Å². The number of carbonyl (C=O) groups is 2. The fourth-order valence-corrected chi connectivity index (χ4v) is 3.38. The second-order valence-electron chi connectivity index (χ2n) is 6.32. The van der Waals surface area contributed by atoms with Crippen molar-refractivity contribution in [3.63, 3.8) is 0 Å². The zero-order valence-corrected chi connectivity index (χ0v) is 19.3. The third-order valence-corrected chi connectivity index (χ3v) is 5.03. The van der Waals surface area contributed by atoms with E-state index in [1.54, 1.807) is 36.4 Å². The zero-order valence-electron chi connectivity index (χ0n) is 16.4. The molecule has 2 aromatic carbocycles. The summed E-state index contributed by atoms with van der Waals surface area (Å²) in [5.74, 6) is 0.00241. The highest BCUT2D eigenvalue weighted by Crippen LogP contribution is 2.31. The van der Waals surface area contributed by atoms with E-state index in [9.17, 15) is 9.59 Å². The number of hydrogen-bond acceptors (Lipinski definition) is 6. The molecule has 0 atom stereocenters. The SMILES string of the molecule is CCCC(=O)Oc1ccc(/C=C2\N=C(c3cc(I)ccc3Cl)OC2=O)cc1OCC. The molecule has 0 radical (unpaired) electrons. The molecule has 1 aliphatic heterocycles. The fourth-order valence-electron chi connectivity index (χ4n) is 2.69. The Kier molecular flexibility index (Phi) is 7.49. The molecule has 6 nitrogen and oxygen atoms in total. The molecule has 0 spiro atoms. The van der Waals surface area contributed by atoms with Crippen molar-refractivity contribution in [1.29, 1.82) is 0 Å². The first-order chi connectivity index (χ1) is 14.4. The molecular formula is C22H19ClINO5. The zero-order chi connectivity index (χ0) is 21.7. The Morgan fingerprint density at radius 2 is 2.00 bits per heavy atom. The minimum atomic E-state index is -0.573. The van der Waals surface area contributed by atoms with E-state index in [0.29, 0.717) is 47.1 Å². The van der Waals surface area contributed by atoms with Gasteiger partial charge in [0.2, 0.25) is 5.90 Å². The lowest BCUT2D eigenvalue weighted by Gasteiger charge is -2.11. The van der Waals surface area contributed by atoms with Crippen molar-refractivity contribution in [2.24, 2.45) is 4.99 Å². The molecule has 0 N–H and O–H groups in total. The summed E-state index contributed by atoms with van der Waals surface area (Å²) in [5, 5.41) is 0.445. The average Bonchev–Trinajstić information content (AvgIpc) is 3.06. The van der Waals surface area contributed by atoms with Crippen LogP contribution in [0, 0.1) is 3.57 Å². The number of nitrogens with zero attached hydrogens (tertiary/aromatic N) is 1. The van der Waals surface area contributed by atoms with Gasteiger partial charge in [0.1, 0.15) is 0 Å². The van der Waals surface area contributed by atoms with Crippen molar-refractivity contribution < 1.29 is 23.8 Å². The second-order valence-corrected chi connectivity index (χ2v) is 7.98. The van der Waals surface area contributed by atoms with Gasteiger partial charge in [-0.2, -0.15) is 0 Å². The molecule has 0 aromatic heterocycles. The first-order valence-corrected chi connectivity index (χ1v) is 10.8. The van der Waals surface area contributed by atoms with Gasteiger partial charge >= 0.3 is 11.9 Å². The highest BCUT2D eigenvalue weighted by atomic mass is 127. The van der Waals surface area contributed by atoms with Gasteiger partial charge < -0.3 is 14.2 Å². The summed E-state index contributed by atoms with van der Waals surface area (Å²) in [7, 11) is 0. The van der Waals surface area contributed by atoms with Gasteiger partial charge in [0.15, 0.2) is 17.2 Å². The summed E-state index contributed by atoms with van der Waals surface area (Å²) in [4.78, 5) is 28.4. The van der Waals surface area contributed by atoms with Gasteiger partial charge in [-0.15, -0.1) is 0 Å². The molecule has 156 valence electrons. The lowest BCUT2D eigenvalue weighted by Crippen LogP contribution is -2.08. The number of rotatable bonds is 7. The van der Waals surface area contributed by atoms with Crippen LogP contribution in [0.3, 0.4) is 0 Å². The van der Waals surface area contributed by atoms with Crippen LogP contribution in [0.1, 0.15) is 37.8 Å². The van der Waals surface area contributed by atoms with Gasteiger partial charge in [-0.25, -0.2) is 9.79 Å². The average molecular weight is 540 g/mol. The molecule has 0 unspecified atom stereocenters. The number of hydrogen-bond donors (Lipinski definition) is 0. The van der Waals surface area contributed by atoms with Gasteiger partial charge in [0.25, 0.3) is 0 Å². The van der Waals surface area contributed by atoms with Gasteiger partial charge in [0, 0.05) is 9.99 Å². The summed E-state index contributed by atoms with van der Waals surface area (Å²) < 4.78 is 17.2.